The number of allylic oxidation sites excluding steroid dienone is 2. The van der Waals surface area contributed by atoms with Crippen LogP contribution in [0.15, 0.2) is 12.2 Å². The summed E-state index contributed by atoms with van der Waals surface area (Å²) >= 11 is 0. The van der Waals surface area contributed by atoms with Gasteiger partial charge in [-0.05, 0) is 25.2 Å². The molecule has 0 aromatic heterocycles. The molecule has 0 saturated carbocycles. The van der Waals surface area contributed by atoms with Crippen LogP contribution in [0.1, 0.15) is 26.2 Å². The maximum atomic E-state index is 11.6. The Bertz CT molecular complexity index is 213. The normalized spacial score (nSPS) is 23.1. The monoisotopic (exact) mass is 197 g/mol. The number of rotatable bonds is 4. The molecule has 1 amide bonds. The molecule has 0 fully saturated rings. The smallest absolute Gasteiger partial charge is 0.223 e. The molecule has 0 aliphatic heterocycles. The molecule has 2 N–H and O–H groups in total. The van der Waals surface area contributed by atoms with Crippen molar-refractivity contribution in [2.45, 2.75) is 26.2 Å². The van der Waals surface area contributed by atoms with E-state index in [0.29, 0.717) is 6.54 Å². The van der Waals surface area contributed by atoms with Crippen molar-refractivity contribution in [3.63, 3.8) is 0 Å². The van der Waals surface area contributed by atoms with Gasteiger partial charge in [-0.15, -0.1) is 0 Å². The van der Waals surface area contributed by atoms with Gasteiger partial charge in [-0.1, -0.05) is 19.1 Å². The van der Waals surface area contributed by atoms with Gasteiger partial charge in [0.25, 0.3) is 0 Å². The minimum Gasteiger partial charge on any atom is -0.396 e. The SMILES string of the molecule is CC(CO)CNC(=O)C1CC=CCC1. The number of aliphatic hydroxyl groups is 1. The fourth-order valence-electron chi connectivity index (χ4n) is 1.52. The van der Waals surface area contributed by atoms with Gasteiger partial charge in [0.15, 0.2) is 0 Å². The van der Waals surface area contributed by atoms with Crippen molar-refractivity contribution < 1.29 is 9.90 Å². The Morgan fingerprint density at radius 1 is 1.64 bits per heavy atom. The van der Waals surface area contributed by atoms with E-state index in [1.165, 1.54) is 0 Å². The summed E-state index contributed by atoms with van der Waals surface area (Å²) in [4.78, 5) is 11.6. The highest BCUT2D eigenvalue weighted by atomic mass is 16.3. The first-order valence-electron chi connectivity index (χ1n) is 5.27. The van der Waals surface area contributed by atoms with E-state index < -0.39 is 0 Å². The Morgan fingerprint density at radius 2 is 2.43 bits per heavy atom. The molecule has 80 valence electrons. The fourth-order valence-corrected chi connectivity index (χ4v) is 1.52. The Labute approximate surface area is 85.2 Å². The first-order chi connectivity index (χ1) is 6.74. The molecule has 0 radical (unpaired) electrons. The molecule has 0 heterocycles. The minimum atomic E-state index is 0.130. The lowest BCUT2D eigenvalue weighted by molar-refractivity contribution is -0.125. The fraction of sp³-hybridized carbons (Fsp3) is 0.727. The van der Waals surface area contributed by atoms with E-state index in [1.54, 1.807) is 0 Å². The Kier molecular flexibility index (Phi) is 4.66. The van der Waals surface area contributed by atoms with Crippen LogP contribution < -0.4 is 5.32 Å². The van der Waals surface area contributed by atoms with Gasteiger partial charge in [-0.3, -0.25) is 4.79 Å². The van der Waals surface area contributed by atoms with Crippen LogP contribution in [0.4, 0.5) is 0 Å². The second-order valence-electron chi connectivity index (χ2n) is 4.01. The largest absolute Gasteiger partial charge is 0.396 e. The molecule has 0 aromatic carbocycles. The number of nitrogens with one attached hydrogen (secondary N) is 1. The summed E-state index contributed by atoms with van der Waals surface area (Å²) < 4.78 is 0. The highest BCUT2D eigenvalue weighted by molar-refractivity contribution is 5.78. The van der Waals surface area contributed by atoms with Gasteiger partial charge in [0.2, 0.25) is 5.91 Å². The van der Waals surface area contributed by atoms with Crippen LogP contribution >= 0.6 is 0 Å². The van der Waals surface area contributed by atoms with E-state index in [1.807, 2.05) is 6.92 Å². The molecule has 1 aliphatic rings. The third-order valence-electron chi connectivity index (χ3n) is 2.58. The van der Waals surface area contributed by atoms with E-state index >= 15 is 0 Å². The van der Waals surface area contributed by atoms with E-state index in [0.717, 1.165) is 19.3 Å². The first kappa shape index (κ1) is 11.2. The lowest BCUT2D eigenvalue weighted by Gasteiger charge is -2.18. The number of hydrogen-bond acceptors (Lipinski definition) is 2. The molecule has 1 aliphatic carbocycles. The summed E-state index contributed by atoms with van der Waals surface area (Å²) in [6.07, 6.45) is 7.02. The summed E-state index contributed by atoms with van der Waals surface area (Å²) in [7, 11) is 0. The lowest BCUT2D eigenvalue weighted by atomic mass is 9.93. The summed E-state index contributed by atoms with van der Waals surface area (Å²) in [6, 6.07) is 0. The maximum Gasteiger partial charge on any atom is 0.223 e. The summed E-state index contributed by atoms with van der Waals surface area (Å²) in [5.41, 5.74) is 0. The summed E-state index contributed by atoms with van der Waals surface area (Å²) in [5.74, 6) is 0.429. The Morgan fingerprint density at radius 3 is 3.00 bits per heavy atom. The summed E-state index contributed by atoms with van der Waals surface area (Å²) in [5, 5.41) is 11.7. The number of aliphatic hydroxyl groups excluding tert-OH is 1. The molecular formula is C11H19NO2. The van der Waals surface area contributed by atoms with Gasteiger partial charge in [-0.2, -0.15) is 0 Å². The average Bonchev–Trinajstić information content (AvgIpc) is 2.26. The second kappa shape index (κ2) is 5.81. The Hall–Kier alpha value is -0.830. The van der Waals surface area contributed by atoms with E-state index in [2.05, 4.69) is 17.5 Å². The van der Waals surface area contributed by atoms with Crippen molar-refractivity contribution in [1.29, 1.82) is 0 Å². The zero-order valence-electron chi connectivity index (χ0n) is 8.70. The molecule has 1 rings (SSSR count). The van der Waals surface area contributed by atoms with Gasteiger partial charge in [0.05, 0.1) is 0 Å². The molecule has 0 spiro atoms. The van der Waals surface area contributed by atoms with Crippen LogP contribution in [-0.4, -0.2) is 24.2 Å². The molecule has 0 bridgehead atoms. The van der Waals surface area contributed by atoms with Gasteiger partial charge < -0.3 is 10.4 Å². The van der Waals surface area contributed by atoms with E-state index in [-0.39, 0.29) is 24.3 Å². The molecule has 3 nitrogen and oxygen atoms in total. The van der Waals surface area contributed by atoms with Crippen LogP contribution in [-0.2, 0) is 4.79 Å². The van der Waals surface area contributed by atoms with Crippen molar-refractivity contribution in [3.05, 3.63) is 12.2 Å². The molecule has 2 atom stereocenters. The van der Waals surface area contributed by atoms with Crippen LogP contribution in [0.2, 0.25) is 0 Å². The average molecular weight is 197 g/mol. The van der Waals surface area contributed by atoms with Gasteiger partial charge in [0.1, 0.15) is 0 Å². The third-order valence-corrected chi connectivity index (χ3v) is 2.58. The topological polar surface area (TPSA) is 49.3 Å². The van der Waals surface area contributed by atoms with Gasteiger partial charge in [-0.25, -0.2) is 0 Å². The quantitative estimate of drug-likeness (QED) is 0.663. The van der Waals surface area contributed by atoms with Crippen LogP contribution in [0.3, 0.4) is 0 Å². The van der Waals surface area contributed by atoms with Crippen molar-refractivity contribution in [1.82, 2.24) is 5.32 Å². The number of hydrogen-bond donors (Lipinski definition) is 2. The molecule has 14 heavy (non-hydrogen) atoms. The molecule has 0 saturated heterocycles. The van der Waals surface area contributed by atoms with Crippen molar-refractivity contribution in [3.8, 4) is 0 Å². The standard InChI is InChI=1S/C11H19NO2/c1-9(8-13)7-12-11(14)10-5-3-2-4-6-10/h2-3,9-10,13H,4-8H2,1H3,(H,12,14). The zero-order valence-corrected chi connectivity index (χ0v) is 8.70. The molecule has 0 aromatic rings. The van der Waals surface area contributed by atoms with E-state index in [9.17, 15) is 4.79 Å². The molecule has 2 unspecified atom stereocenters. The predicted octanol–water partition coefficient (Wildman–Crippen LogP) is 1.09. The Balaban J connectivity index is 2.24. The lowest BCUT2D eigenvalue weighted by Crippen LogP contribution is -2.34. The summed E-state index contributed by atoms with van der Waals surface area (Å²) in [6.45, 7) is 2.63. The van der Waals surface area contributed by atoms with Gasteiger partial charge in [0, 0.05) is 19.1 Å². The minimum absolute atomic E-state index is 0.130. The van der Waals surface area contributed by atoms with Crippen molar-refractivity contribution in [2.75, 3.05) is 13.2 Å². The zero-order chi connectivity index (χ0) is 10.4. The van der Waals surface area contributed by atoms with Crippen LogP contribution in [0.5, 0.6) is 0 Å². The third kappa shape index (κ3) is 3.50. The van der Waals surface area contributed by atoms with Crippen molar-refractivity contribution >= 4 is 5.91 Å². The van der Waals surface area contributed by atoms with Crippen LogP contribution in [0, 0.1) is 11.8 Å². The number of amides is 1. The highest BCUT2D eigenvalue weighted by Gasteiger charge is 2.18. The highest BCUT2D eigenvalue weighted by Crippen LogP contribution is 2.17. The maximum absolute atomic E-state index is 11.6. The molecular weight excluding hydrogens is 178 g/mol. The van der Waals surface area contributed by atoms with E-state index in [4.69, 9.17) is 5.11 Å². The molecule has 3 heteroatoms. The predicted molar refractivity (Wildman–Crippen MR) is 55.7 cm³/mol. The number of carbonyl (C=O) groups is 1. The second-order valence-corrected chi connectivity index (χ2v) is 4.01. The first-order valence-corrected chi connectivity index (χ1v) is 5.27. The van der Waals surface area contributed by atoms with Gasteiger partial charge >= 0.3 is 0 Å². The number of carbonyl (C=O) groups excluding carboxylic acids is 1. The van der Waals surface area contributed by atoms with Crippen LogP contribution in [0.25, 0.3) is 0 Å². The van der Waals surface area contributed by atoms with Crippen molar-refractivity contribution in [2.24, 2.45) is 11.8 Å².